The topological polar surface area (TPSA) is 61.8 Å². The third-order valence-electron chi connectivity index (χ3n) is 6.86. The SMILES string of the molecule is CC(C)c1cc(C(C)C)c(S(=O)(=O)NN=C(CC2CCCN2C)c2ccccc2)c(C(C)C)c1.Cl. The Morgan fingerprint density at radius 2 is 1.57 bits per heavy atom. The first-order chi connectivity index (χ1) is 16.0. The minimum absolute atomic E-state index is 0. The Bertz CT molecular complexity index is 1080. The highest BCUT2D eigenvalue weighted by molar-refractivity contribution is 7.89. The monoisotopic (exact) mass is 519 g/mol. The molecule has 0 radical (unpaired) electrons. The van der Waals surface area contributed by atoms with Crippen LogP contribution < -0.4 is 4.83 Å². The Labute approximate surface area is 218 Å². The summed E-state index contributed by atoms with van der Waals surface area (Å²) in [7, 11) is -1.73. The van der Waals surface area contributed by atoms with E-state index in [4.69, 9.17) is 0 Å². The van der Waals surface area contributed by atoms with Crippen molar-refractivity contribution >= 4 is 28.1 Å². The molecular formula is C28H42ClN3O2S. The molecule has 1 atom stereocenters. The van der Waals surface area contributed by atoms with E-state index in [1.54, 1.807) is 0 Å². The van der Waals surface area contributed by atoms with E-state index in [1.165, 1.54) is 5.56 Å². The summed E-state index contributed by atoms with van der Waals surface area (Å²) in [5, 5.41) is 4.55. The molecule has 0 spiro atoms. The van der Waals surface area contributed by atoms with Crippen LogP contribution in [-0.2, 0) is 10.0 Å². The van der Waals surface area contributed by atoms with E-state index in [0.29, 0.717) is 23.3 Å². The van der Waals surface area contributed by atoms with E-state index >= 15 is 0 Å². The summed E-state index contributed by atoms with van der Waals surface area (Å²) in [6.45, 7) is 13.6. The van der Waals surface area contributed by atoms with Crippen molar-refractivity contribution in [3.63, 3.8) is 0 Å². The first-order valence-corrected chi connectivity index (χ1v) is 14.0. The standard InChI is InChI=1S/C28H41N3O2S.ClH/c1-19(2)23-16-25(20(3)4)28(26(17-23)21(5)6)34(32,33)30-29-27(22-12-9-8-10-13-22)18-24-14-11-15-31(24)7;/h8-10,12-13,16-17,19-21,24,30H,11,14-15,18H2,1-7H3;1H. The molecule has 7 heteroatoms. The lowest BCUT2D eigenvalue weighted by Gasteiger charge is -2.23. The van der Waals surface area contributed by atoms with Gasteiger partial charge >= 0.3 is 0 Å². The molecule has 3 rings (SSSR count). The van der Waals surface area contributed by atoms with Gasteiger partial charge < -0.3 is 4.90 Å². The quantitative estimate of drug-likeness (QED) is 0.298. The van der Waals surface area contributed by atoms with Crippen molar-refractivity contribution in [3.05, 3.63) is 64.7 Å². The minimum Gasteiger partial charge on any atom is -0.303 e. The van der Waals surface area contributed by atoms with Crippen LogP contribution in [0.4, 0.5) is 0 Å². The third kappa shape index (κ3) is 7.08. The van der Waals surface area contributed by atoms with Crippen molar-refractivity contribution in [1.29, 1.82) is 0 Å². The lowest BCUT2D eigenvalue weighted by molar-refractivity contribution is 0.318. The normalized spacial score (nSPS) is 17.3. The molecule has 1 unspecified atom stereocenters. The van der Waals surface area contributed by atoms with E-state index in [9.17, 15) is 8.42 Å². The van der Waals surface area contributed by atoms with Gasteiger partial charge in [0.2, 0.25) is 0 Å². The number of sulfonamides is 1. The molecular weight excluding hydrogens is 478 g/mol. The van der Waals surface area contributed by atoms with Crippen LogP contribution in [0.2, 0.25) is 0 Å². The van der Waals surface area contributed by atoms with Crippen molar-refractivity contribution in [2.75, 3.05) is 13.6 Å². The molecule has 0 aliphatic carbocycles. The van der Waals surface area contributed by atoms with Gasteiger partial charge in [0.05, 0.1) is 10.6 Å². The zero-order valence-corrected chi connectivity index (χ0v) is 23.8. The van der Waals surface area contributed by atoms with Gasteiger partial charge in [0, 0.05) is 12.5 Å². The van der Waals surface area contributed by atoms with Gasteiger partial charge in [0.1, 0.15) is 0 Å². The molecule has 2 aromatic carbocycles. The fourth-order valence-electron chi connectivity index (χ4n) is 4.68. The summed E-state index contributed by atoms with van der Waals surface area (Å²) in [6, 6.07) is 14.4. The molecule has 1 fully saturated rings. The number of hydrogen-bond acceptors (Lipinski definition) is 4. The van der Waals surface area contributed by atoms with E-state index in [0.717, 1.165) is 41.8 Å². The molecule has 1 aliphatic heterocycles. The maximum Gasteiger partial charge on any atom is 0.277 e. The fraction of sp³-hybridized carbons (Fsp3) is 0.536. The van der Waals surface area contributed by atoms with Crippen molar-refractivity contribution in [2.24, 2.45) is 5.10 Å². The Kier molecular flexibility index (Phi) is 10.4. The van der Waals surface area contributed by atoms with E-state index in [-0.39, 0.29) is 24.2 Å². The second-order valence-corrected chi connectivity index (χ2v) is 12.1. The minimum atomic E-state index is -3.86. The number of hydrazone groups is 1. The van der Waals surface area contributed by atoms with Gasteiger partial charge in [-0.1, -0.05) is 84.0 Å². The Balaban J connectivity index is 0.00000432. The average molecular weight is 520 g/mol. The zero-order valence-electron chi connectivity index (χ0n) is 22.2. The summed E-state index contributed by atoms with van der Waals surface area (Å²) >= 11 is 0. The summed E-state index contributed by atoms with van der Waals surface area (Å²) in [4.78, 5) is 5.37. The maximum absolute atomic E-state index is 13.8. The van der Waals surface area contributed by atoms with E-state index < -0.39 is 10.0 Å². The first kappa shape index (κ1) is 29.3. The molecule has 1 saturated heterocycles. The van der Waals surface area contributed by atoms with Crippen LogP contribution in [0.5, 0.6) is 0 Å². The van der Waals surface area contributed by atoms with Crippen LogP contribution in [0.3, 0.4) is 0 Å². The predicted molar refractivity (Wildman–Crippen MR) is 150 cm³/mol. The Morgan fingerprint density at radius 1 is 1.00 bits per heavy atom. The highest BCUT2D eigenvalue weighted by Crippen LogP contribution is 2.35. The summed E-state index contributed by atoms with van der Waals surface area (Å²) in [5.41, 5.74) is 4.61. The second-order valence-electron chi connectivity index (χ2n) is 10.5. The summed E-state index contributed by atoms with van der Waals surface area (Å²) in [6.07, 6.45) is 2.97. The molecule has 2 aromatic rings. The lowest BCUT2D eigenvalue weighted by atomic mass is 9.89. The van der Waals surface area contributed by atoms with Gasteiger partial charge in [-0.2, -0.15) is 18.4 Å². The van der Waals surface area contributed by atoms with Crippen molar-refractivity contribution in [2.45, 2.75) is 89.5 Å². The molecule has 1 heterocycles. The van der Waals surface area contributed by atoms with Gasteiger partial charge in [-0.25, -0.2) is 0 Å². The van der Waals surface area contributed by atoms with Gasteiger partial charge in [-0.05, 0) is 66.4 Å². The summed E-state index contributed by atoms with van der Waals surface area (Å²) < 4.78 is 27.5. The van der Waals surface area contributed by atoms with Gasteiger partial charge in [0.25, 0.3) is 10.0 Å². The van der Waals surface area contributed by atoms with Crippen LogP contribution in [-0.4, -0.2) is 38.7 Å². The second kappa shape index (κ2) is 12.4. The van der Waals surface area contributed by atoms with Crippen LogP contribution in [0.1, 0.15) is 101 Å². The smallest absolute Gasteiger partial charge is 0.277 e. The van der Waals surface area contributed by atoms with E-state index in [2.05, 4.69) is 75.6 Å². The number of likely N-dealkylation sites (tertiary alicyclic amines) is 1. The lowest BCUT2D eigenvalue weighted by Crippen LogP contribution is -2.29. The molecule has 0 bridgehead atoms. The third-order valence-corrected chi connectivity index (χ3v) is 8.20. The number of nitrogens with one attached hydrogen (secondary N) is 1. The number of nitrogens with zero attached hydrogens (tertiary/aromatic N) is 2. The predicted octanol–water partition coefficient (Wildman–Crippen LogP) is 6.65. The molecule has 1 N–H and O–H groups in total. The number of benzene rings is 2. The van der Waals surface area contributed by atoms with Crippen molar-refractivity contribution in [3.8, 4) is 0 Å². The summed E-state index contributed by atoms with van der Waals surface area (Å²) in [5.74, 6) is 0.478. The van der Waals surface area contributed by atoms with Gasteiger partial charge in [-0.15, -0.1) is 12.4 Å². The van der Waals surface area contributed by atoms with E-state index in [1.807, 2.05) is 30.3 Å². The molecule has 35 heavy (non-hydrogen) atoms. The van der Waals surface area contributed by atoms with Gasteiger partial charge in [0.15, 0.2) is 0 Å². The number of hydrogen-bond donors (Lipinski definition) is 1. The molecule has 0 saturated carbocycles. The average Bonchev–Trinajstić information content (AvgIpc) is 3.20. The highest BCUT2D eigenvalue weighted by atomic mass is 35.5. The molecule has 194 valence electrons. The van der Waals surface area contributed by atoms with Crippen LogP contribution >= 0.6 is 12.4 Å². The maximum atomic E-state index is 13.8. The highest BCUT2D eigenvalue weighted by Gasteiger charge is 2.28. The number of halogens is 1. The molecule has 1 aliphatic rings. The van der Waals surface area contributed by atoms with Crippen LogP contribution in [0.15, 0.2) is 52.5 Å². The molecule has 0 amide bonds. The largest absolute Gasteiger partial charge is 0.303 e. The van der Waals surface area contributed by atoms with Crippen LogP contribution in [0, 0.1) is 0 Å². The van der Waals surface area contributed by atoms with Gasteiger partial charge in [-0.3, -0.25) is 0 Å². The molecule has 5 nitrogen and oxygen atoms in total. The van der Waals surface area contributed by atoms with Crippen LogP contribution in [0.25, 0.3) is 0 Å². The fourth-order valence-corrected chi connectivity index (χ4v) is 6.21. The van der Waals surface area contributed by atoms with Crippen molar-refractivity contribution in [1.82, 2.24) is 9.73 Å². The Hall–Kier alpha value is -1.89. The van der Waals surface area contributed by atoms with Crippen molar-refractivity contribution < 1.29 is 8.42 Å². The number of rotatable bonds is 9. The Morgan fingerprint density at radius 3 is 2.03 bits per heavy atom. The molecule has 0 aromatic heterocycles. The first-order valence-electron chi connectivity index (χ1n) is 12.5. The zero-order chi connectivity index (χ0) is 25.0.